The molecule has 0 amide bonds. The first kappa shape index (κ1) is 15.9. The van der Waals surface area contributed by atoms with E-state index in [0.29, 0.717) is 18.4 Å². The average Bonchev–Trinajstić information content (AvgIpc) is 2.53. The zero-order valence-corrected chi connectivity index (χ0v) is 13.1. The molecule has 0 fully saturated rings. The lowest BCUT2D eigenvalue weighted by Gasteiger charge is -2.10. The number of hydrogen-bond acceptors (Lipinski definition) is 2. The molecule has 0 saturated carbocycles. The molecule has 0 spiro atoms. The molecule has 0 aliphatic rings. The predicted octanol–water partition coefficient (Wildman–Crippen LogP) is 3.83. The third-order valence-corrected chi connectivity index (χ3v) is 3.71. The van der Waals surface area contributed by atoms with Crippen LogP contribution in [0.1, 0.15) is 37.3 Å². The van der Waals surface area contributed by atoms with E-state index in [-0.39, 0.29) is 5.75 Å². The Bertz CT molecular complexity index is 635. The number of rotatable bonds is 5. The second-order valence-corrected chi connectivity index (χ2v) is 5.43. The molecule has 0 saturated heterocycles. The molecule has 0 aliphatic heterocycles. The van der Waals surface area contributed by atoms with Crippen molar-refractivity contribution in [2.24, 2.45) is 10.7 Å². The van der Waals surface area contributed by atoms with Crippen LogP contribution < -0.4 is 11.1 Å². The van der Waals surface area contributed by atoms with Crippen molar-refractivity contribution in [2.75, 3.05) is 5.32 Å². The van der Waals surface area contributed by atoms with Crippen molar-refractivity contribution in [3.63, 3.8) is 0 Å². The minimum Gasteiger partial charge on any atom is -0.508 e. The molecule has 2 rings (SSSR count). The van der Waals surface area contributed by atoms with Gasteiger partial charge in [-0.05, 0) is 47.7 Å². The van der Waals surface area contributed by atoms with Gasteiger partial charge < -0.3 is 16.2 Å². The summed E-state index contributed by atoms with van der Waals surface area (Å²) in [5, 5.41) is 12.5. The summed E-state index contributed by atoms with van der Waals surface area (Å²) in [5.74, 6) is 1.16. The summed E-state index contributed by atoms with van der Waals surface area (Å²) in [6.45, 7) is 4.83. The van der Waals surface area contributed by atoms with Crippen LogP contribution in [0.2, 0.25) is 0 Å². The number of phenols is 1. The lowest BCUT2D eigenvalue weighted by Crippen LogP contribution is -2.22. The first-order valence-corrected chi connectivity index (χ1v) is 7.53. The Morgan fingerprint density at radius 3 is 2.59 bits per heavy atom. The van der Waals surface area contributed by atoms with Crippen LogP contribution in [0, 0.1) is 0 Å². The van der Waals surface area contributed by atoms with Gasteiger partial charge in [-0.2, -0.15) is 0 Å². The molecular formula is C18H23N3O. The number of hydrogen-bond donors (Lipinski definition) is 3. The summed E-state index contributed by atoms with van der Waals surface area (Å²) in [6, 6.07) is 15.2. The van der Waals surface area contributed by atoms with Gasteiger partial charge in [-0.25, -0.2) is 4.99 Å². The Morgan fingerprint density at radius 2 is 1.95 bits per heavy atom. The van der Waals surface area contributed by atoms with Crippen molar-refractivity contribution in [1.29, 1.82) is 0 Å². The van der Waals surface area contributed by atoms with E-state index in [1.54, 1.807) is 18.2 Å². The van der Waals surface area contributed by atoms with Crippen LogP contribution in [0.3, 0.4) is 0 Å². The van der Waals surface area contributed by atoms with Gasteiger partial charge in [0.05, 0.1) is 6.54 Å². The van der Waals surface area contributed by atoms with Crippen molar-refractivity contribution in [2.45, 2.75) is 32.7 Å². The molecule has 0 aromatic heterocycles. The number of aromatic hydroxyl groups is 1. The maximum atomic E-state index is 9.41. The fourth-order valence-electron chi connectivity index (χ4n) is 2.15. The third kappa shape index (κ3) is 4.52. The number of benzene rings is 2. The number of nitrogens with two attached hydrogens (primary N) is 1. The molecule has 4 N–H and O–H groups in total. The van der Waals surface area contributed by atoms with Crippen LogP contribution in [-0.2, 0) is 6.54 Å². The maximum Gasteiger partial charge on any atom is 0.193 e. The van der Waals surface area contributed by atoms with Gasteiger partial charge in [-0.15, -0.1) is 0 Å². The van der Waals surface area contributed by atoms with E-state index in [9.17, 15) is 5.11 Å². The van der Waals surface area contributed by atoms with E-state index in [0.717, 1.165) is 17.7 Å². The summed E-state index contributed by atoms with van der Waals surface area (Å²) in [5.41, 5.74) is 9.05. The van der Waals surface area contributed by atoms with Crippen molar-refractivity contribution >= 4 is 11.6 Å². The molecule has 0 bridgehead atoms. The Labute approximate surface area is 131 Å². The lowest BCUT2D eigenvalue weighted by molar-refractivity contribution is 0.474. The number of nitrogens with zero attached hydrogens (tertiary/aromatic N) is 1. The second kappa shape index (κ2) is 7.50. The van der Waals surface area contributed by atoms with E-state index in [2.05, 4.69) is 36.3 Å². The predicted molar refractivity (Wildman–Crippen MR) is 92.2 cm³/mol. The average molecular weight is 297 g/mol. The Kier molecular flexibility index (Phi) is 5.42. The standard InChI is InChI=1S/C18H23N3O/c1-3-13(2)15-7-9-16(10-8-15)21-18(19)20-12-14-5-4-6-17(22)11-14/h4-11,13,22H,3,12H2,1-2H3,(H3,19,20,21). The zero-order chi connectivity index (χ0) is 15.9. The molecule has 2 aromatic rings. The van der Waals surface area contributed by atoms with E-state index < -0.39 is 0 Å². The number of aliphatic imine (C=N–C) groups is 1. The molecule has 2 aromatic carbocycles. The van der Waals surface area contributed by atoms with Gasteiger partial charge in [0, 0.05) is 5.69 Å². The smallest absolute Gasteiger partial charge is 0.193 e. The van der Waals surface area contributed by atoms with E-state index in [4.69, 9.17) is 5.73 Å². The van der Waals surface area contributed by atoms with Gasteiger partial charge in [-0.1, -0.05) is 38.1 Å². The van der Waals surface area contributed by atoms with E-state index >= 15 is 0 Å². The minimum absolute atomic E-state index is 0.236. The van der Waals surface area contributed by atoms with Crippen LogP contribution in [0.25, 0.3) is 0 Å². The number of guanidine groups is 1. The zero-order valence-electron chi connectivity index (χ0n) is 13.1. The fraction of sp³-hybridized carbons (Fsp3) is 0.278. The van der Waals surface area contributed by atoms with Crippen LogP contribution in [0.5, 0.6) is 5.75 Å². The first-order chi connectivity index (χ1) is 10.6. The molecule has 0 heterocycles. The molecule has 4 nitrogen and oxygen atoms in total. The summed E-state index contributed by atoms with van der Waals surface area (Å²) >= 11 is 0. The quantitative estimate of drug-likeness (QED) is 0.580. The summed E-state index contributed by atoms with van der Waals surface area (Å²) in [6.07, 6.45) is 1.13. The Hall–Kier alpha value is -2.49. The first-order valence-electron chi connectivity index (χ1n) is 7.53. The molecule has 0 aliphatic carbocycles. The van der Waals surface area contributed by atoms with E-state index in [1.807, 2.05) is 18.2 Å². The van der Waals surface area contributed by atoms with Crippen molar-refractivity contribution in [3.8, 4) is 5.75 Å². The number of nitrogens with one attached hydrogen (secondary N) is 1. The van der Waals surface area contributed by atoms with Crippen LogP contribution in [-0.4, -0.2) is 11.1 Å². The Balaban J connectivity index is 1.96. The SMILES string of the molecule is CCC(C)c1ccc(NC(N)=NCc2cccc(O)c2)cc1. The molecule has 0 radical (unpaired) electrons. The summed E-state index contributed by atoms with van der Waals surface area (Å²) in [4.78, 5) is 4.28. The van der Waals surface area contributed by atoms with Crippen molar-refractivity contribution in [1.82, 2.24) is 0 Å². The van der Waals surface area contributed by atoms with Crippen LogP contribution >= 0.6 is 0 Å². The second-order valence-electron chi connectivity index (χ2n) is 5.43. The molecule has 22 heavy (non-hydrogen) atoms. The monoisotopic (exact) mass is 297 g/mol. The number of phenolic OH excluding ortho intramolecular Hbond substituents is 1. The highest BCUT2D eigenvalue weighted by molar-refractivity contribution is 5.92. The topological polar surface area (TPSA) is 70.6 Å². The van der Waals surface area contributed by atoms with Crippen molar-refractivity contribution < 1.29 is 5.11 Å². The van der Waals surface area contributed by atoms with Crippen molar-refractivity contribution in [3.05, 3.63) is 59.7 Å². The highest BCUT2D eigenvalue weighted by Gasteiger charge is 2.02. The number of anilines is 1. The fourth-order valence-corrected chi connectivity index (χ4v) is 2.15. The lowest BCUT2D eigenvalue weighted by atomic mass is 9.99. The summed E-state index contributed by atoms with van der Waals surface area (Å²) in [7, 11) is 0. The summed E-state index contributed by atoms with van der Waals surface area (Å²) < 4.78 is 0. The normalized spacial score (nSPS) is 12.9. The maximum absolute atomic E-state index is 9.41. The minimum atomic E-state index is 0.236. The van der Waals surface area contributed by atoms with Gasteiger partial charge in [0.1, 0.15) is 5.75 Å². The van der Waals surface area contributed by atoms with Gasteiger partial charge in [0.2, 0.25) is 0 Å². The highest BCUT2D eigenvalue weighted by atomic mass is 16.3. The van der Waals surface area contributed by atoms with E-state index in [1.165, 1.54) is 5.56 Å². The molecule has 4 heteroatoms. The largest absolute Gasteiger partial charge is 0.508 e. The molecule has 1 atom stereocenters. The molecular weight excluding hydrogens is 274 g/mol. The van der Waals surface area contributed by atoms with Gasteiger partial charge >= 0.3 is 0 Å². The highest BCUT2D eigenvalue weighted by Crippen LogP contribution is 2.20. The molecule has 116 valence electrons. The van der Waals surface area contributed by atoms with Gasteiger partial charge in [-0.3, -0.25) is 0 Å². The Morgan fingerprint density at radius 1 is 1.23 bits per heavy atom. The van der Waals surface area contributed by atoms with Gasteiger partial charge in [0.15, 0.2) is 5.96 Å². The molecule has 1 unspecified atom stereocenters. The van der Waals surface area contributed by atoms with Crippen LogP contribution in [0.15, 0.2) is 53.5 Å². The van der Waals surface area contributed by atoms with Crippen LogP contribution in [0.4, 0.5) is 5.69 Å². The van der Waals surface area contributed by atoms with Gasteiger partial charge in [0.25, 0.3) is 0 Å². The third-order valence-electron chi connectivity index (χ3n) is 3.71.